The molecule has 2 aromatic rings. The van der Waals surface area contributed by atoms with Gasteiger partial charge in [0, 0.05) is 18.0 Å². The average molecular weight is 319 g/mol. The zero-order valence-electron chi connectivity index (χ0n) is 12.4. The molecule has 6 heteroatoms. The van der Waals surface area contributed by atoms with Crippen LogP contribution >= 0.6 is 0 Å². The number of para-hydroxylation sites is 1. The third-order valence-corrected chi connectivity index (χ3v) is 4.08. The highest BCUT2D eigenvalue weighted by Crippen LogP contribution is 2.29. The predicted octanol–water partition coefficient (Wildman–Crippen LogP) is 2.95. The minimum absolute atomic E-state index is 0.0286. The Morgan fingerprint density at radius 3 is 2.45 bits per heavy atom. The first-order valence-electron chi connectivity index (χ1n) is 6.71. The zero-order valence-corrected chi connectivity index (χ0v) is 13.2. The van der Waals surface area contributed by atoms with Crippen LogP contribution in [0.1, 0.15) is 12.5 Å². The third-order valence-electron chi connectivity index (χ3n) is 2.95. The largest absolute Gasteiger partial charge is 0.504 e. The molecule has 0 aliphatic heterocycles. The second-order valence-corrected chi connectivity index (χ2v) is 6.67. The van der Waals surface area contributed by atoms with Gasteiger partial charge >= 0.3 is 0 Å². The van der Waals surface area contributed by atoms with E-state index in [1.165, 1.54) is 18.3 Å². The van der Waals surface area contributed by atoms with Gasteiger partial charge in [0.05, 0.1) is 17.2 Å². The molecule has 0 bridgehead atoms. The summed E-state index contributed by atoms with van der Waals surface area (Å²) >= 11 is 0. The first kappa shape index (κ1) is 16.0. The van der Waals surface area contributed by atoms with Crippen molar-refractivity contribution in [3.8, 4) is 11.5 Å². The molecule has 1 N–H and O–H groups in total. The van der Waals surface area contributed by atoms with E-state index >= 15 is 0 Å². The van der Waals surface area contributed by atoms with Crippen molar-refractivity contribution in [2.75, 3.05) is 12.9 Å². The molecule has 0 aromatic heterocycles. The molecule has 5 nitrogen and oxygen atoms in total. The minimum atomic E-state index is -3.21. The van der Waals surface area contributed by atoms with Gasteiger partial charge in [0.2, 0.25) is 0 Å². The highest BCUT2D eigenvalue weighted by atomic mass is 32.2. The van der Waals surface area contributed by atoms with Crippen molar-refractivity contribution in [1.82, 2.24) is 0 Å². The van der Waals surface area contributed by atoms with E-state index in [-0.39, 0.29) is 10.6 Å². The molecular formula is C16H17NO4S. The van der Waals surface area contributed by atoms with Gasteiger partial charge < -0.3 is 9.84 Å². The number of ether oxygens (including phenoxy) is 1. The maximum Gasteiger partial charge on any atom is 0.175 e. The van der Waals surface area contributed by atoms with Gasteiger partial charge in [-0.3, -0.25) is 4.99 Å². The van der Waals surface area contributed by atoms with Gasteiger partial charge in [-0.15, -0.1) is 0 Å². The number of sulfone groups is 1. The summed E-state index contributed by atoms with van der Waals surface area (Å²) < 4.78 is 28.1. The number of phenols is 1. The summed E-state index contributed by atoms with van der Waals surface area (Å²) in [5, 5.41) is 10.1. The van der Waals surface area contributed by atoms with Crippen molar-refractivity contribution < 1.29 is 18.3 Å². The molecule has 0 unspecified atom stereocenters. The van der Waals surface area contributed by atoms with E-state index in [2.05, 4.69) is 4.99 Å². The van der Waals surface area contributed by atoms with Gasteiger partial charge in [-0.05, 0) is 43.3 Å². The van der Waals surface area contributed by atoms with Gasteiger partial charge in [-0.2, -0.15) is 0 Å². The van der Waals surface area contributed by atoms with E-state index in [9.17, 15) is 13.5 Å². The number of hydrogen-bond acceptors (Lipinski definition) is 5. The molecule has 22 heavy (non-hydrogen) atoms. The van der Waals surface area contributed by atoms with Crippen molar-refractivity contribution >= 4 is 21.7 Å². The van der Waals surface area contributed by atoms with Gasteiger partial charge in [0.15, 0.2) is 21.3 Å². The minimum Gasteiger partial charge on any atom is -0.504 e. The lowest BCUT2D eigenvalue weighted by Gasteiger charge is -2.07. The zero-order chi connectivity index (χ0) is 16.2. The monoisotopic (exact) mass is 319 g/mol. The van der Waals surface area contributed by atoms with Crippen LogP contribution in [0.25, 0.3) is 0 Å². The smallest absolute Gasteiger partial charge is 0.175 e. The number of aliphatic imine (C=N–C) groups is 1. The van der Waals surface area contributed by atoms with Crippen LogP contribution in [0.4, 0.5) is 5.69 Å². The lowest BCUT2D eigenvalue weighted by atomic mass is 10.2. The number of rotatable bonds is 5. The maximum atomic E-state index is 11.4. The molecule has 0 saturated heterocycles. The Labute approximate surface area is 129 Å². The van der Waals surface area contributed by atoms with Crippen LogP contribution in [-0.4, -0.2) is 32.6 Å². The first-order valence-corrected chi connectivity index (χ1v) is 8.60. The molecule has 116 valence electrons. The fraction of sp³-hybridized carbons (Fsp3) is 0.188. The van der Waals surface area contributed by atoms with Crippen LogP contribution in [0, 0.1) is 0 Å². The van der Waals surface area contributed by atoms with Crippen LogP contribution in [0.15, 0.2) is 52.4 Å². The lowest BCUT2D eigenvalue weighted by Crippen LogP contribution is -1.95. The van der Waals surface area contributed by atoms with E-state index in [4.69, 9.17) is 4.74 Å². The quantitative estimate of drug-likeness (QED) is 0.860. The summed E-state index contributed by atoms with van der Waals surface area (Å²) in [5.74, 6) is 0.430. The summed E-state index contributed by atoms with van der Waals surface area (Å²) in [5.41, 5.74) is 1.12. The van der Waals surface area contributed by atoms with Gasteiger partial charge in [0.25, 0.3) is 0 Å². The standard InChI is InChI=1S/C16H17NO4S/c1-3-21-15-6-4-5-12(16(15)18)11-17-13-7-9-14(10-8-13)22(2,19)20/h4-11,18H,3H2,1-2H3. The normalized spacial score (nSPS) is 11.7. The van der Waals surface area contributed by atoms with Crippen molar-refractivity contribution in [2.45, 2.75) is 11.8 Å². The number of hydrogen-bond donors (Lipinski definition) is 1. The molecule has 2 rings (SSSR count). The van der Waals surface area contributed by atoms with Crippen LogP contribution in [0.5, 0.6) is 11.5 Å². The number of benzene rings is 2. The van der Waals surface area contributed by atoms with E-state index in [0.717, 1.165) is 6.26 Å². The number of aromatic hydroxyl groups is 1. The van der Waals surface area contributed by atoms with Crippen molar-refractivity contribution in [3.05, 3.63) is 48.0 Å². The highest BCUT2D eigenvalue weighted by molar-refractivity contribution is 7.90. The number of nitrogens with zero attached hydrogens (tertiary/aromatic N) is 1. The van der Waals surface area contributed by atoms with E-state index < -0.39 is 9.84 Å². The summed E-state index contributed by atoms with van der Waals surface area (Å²) in [6.45, 7) is 2.30. The van der Waals surface area contributed by atoms with E-state index in [1.807, 2.05) is 6.92 Å². The maximum absolute atomic E-state index is 11.4. The highest BCUT2D eigenvalue weighted by Gasteiger charge is 2.07. The van der Waals surface area contributed by atoms with Gasteiger partial charge in [0.1, 0.15) is 0 Å². The van der Waals surface area contributed by atoms with Crippen LogP contribution in [0.2, 0.25) is 0 Å². The summed E-state index contributed by atoms with van der Waals surface area (Å²) in [6.07, 6.45) is 2.66. The molecule has 0 fully saturated rings. The summed E-state index contributed by atoms with van der Waals surface area (Å²) in [6, 6.07) is 11.4. The molecular weight excluding hydrogens is 302 g/mol. The number of phenolic OH excluding ortho intramolecular Hbond substituents is 1. The molecule has 0 atom stereocenters. The Morgan fingerprint density at radius 1 is 1.18 bits per heavy atom. The Hall–Kier alpha value is -2.34. The van der Waals surface area contributed by atoms with Crippen molar-refractivity contribution in [1.29, 1.82) is 0 Å². The second-order valence-electron chi connectivity index (χ2n) is 4.65. The summed E-state index contributed by atoms with van der Waals surface area (Å²) in [7, 11) is -3.21. The molecule has 0 saturated carbocycles. The molecule has 0 aliphatic carbocycles. The van der Waals surface area contributed by atoms with E-state index in [0.29, 0.717) is 23.6 Å². The summed E-state index contributed by atoms with van der Waals surface area (Å²) in [4.78, 5) is 4.47. The first-order chi connectivity index (χ1) is 10.4. The fourth-order valence-electron chi connectivity index (χ4n) is 1.84. The fourth-order valence-corrected chi connectivity index (χ4v) is 2.47. The lowest BCUT2D eigenvalue weighted by molar-refractivity contribution is 0.318. The van der Waals surface area contributed by atoms with Gasteiger partial charge in [-0.1, -0.05) is 6.07 Å². The van der Waals surface area contributed by atoms with Gasteiger partial charge in [-0.25, -0.2) is 8.42 Å². The third kappa shape index (κ3) is 3.85. The van der Waals surface area contributed by atoms with Crippen molar-refractivity contribution in [3.63, 3.8) is 0 Å². The molecule has 0 heterocycles. The SMILES string of the molecule is CCOc1cccc(C=Nc2ccc(S(C)(=O)=O)cc2)c1O. The van der Waals surface area contributed by atoms with Crippen LogP contribution in [0.3, 0.4) is 0 Å². The second kappa shape index (κ2) is 6.62. The molecule has 0 amide bonds. The molecule has 0 aliphatic rings. The molecule has 0 radical (unpaired) electrons. The topological polar surface area (TPSA) is 76.0 Å². The Kier molecular flexibility index (Phi) is 4.82. The predicted molar refractivity (Wildman–Crippen MR) is 86.1 cm³/mol. The Bertz CT molecular complexity index is 780. The Morgan fingerprint density at radius 2 is 1.86 bits per heavy atom. The average Bonchev–Trinajstić information content (AvgIpc) is 2.48. The van der Waals surface area contributed by atoms with Crippen LogP contribution < -0.4 is 4.74 Å². The molecule has 0 spiro atoms. The van der Waals surface area contributed by atoms with E-state index in [1.54, 1.807) is 30.3 Å². The van der Waals surface area contributed by atoms with Crippen LogP contribution in [-0.2, 0) is 9.84 Å². The Balaban J connectivity index is 2.24. The van der Waals surface area contributed by atoms with Crippen molar-refractivity contribution in [2.24, 2.45) is 4.99 Å². The molecule has 2 aromatic carbocycles.